The molecule has 0 fully saturated rings. The van der Waals surface area contributed by atoms with E-state index in [4.69, 9.17) is 14.2 Å². The molecule has 38 heavy (non-hydrogen) atoms. The van der Waals surface area contributed by atoms with Gasteiger partial charge in [-0.2, -0.15) is 0 Å². The van der Waals surface area contributed by atoms with Gasteiger partial charge in [-0.25, -0.2) is 9.79 Å². The smallest absolute Gasteiger partial charge is 0.338 e. The molecule has 4 aromatic rings. The van der Waals surface area contributed by atoms with Crippen molar-refractivity contribution in [3.63, 3.8) is 0 Å². The Bertz CT molecular complexity index is 1750. The van der Waals surface area contributed by atoms with Gasteiger partial charge >= 0.3 is 5.97 Å². The largest absolute Gasteiger partial charge is 0.496 e. The Morgan fingerprint density at radius 2 is 1.79 bits per heavy atom. The van der Waals surface area contributed by atoms with Gasteiger partial charge in [-0.3, -0.25) is 9.36 Å². The Morgan fingerprint density at radius 1 is 1.03 bits per heavy atom. The normalized spacial score (nSPS) is 15.3. The molecule has 0 saturated carbocycles. The van der Waals surface area contributed by atoms with Gasteiger partial charge in [0.25, 0.3) is 5.56 Å². The molecule has 0 spiro atoms. The third-order valence-electron chi connectivity index (χ3n) is 6.46. The Hall–Kier alpha value is -4.17. The number of rotatable bonds is 7. The van der Waals surface area contributed by atoms with Crippen LogP contribution in [0.3, 0.4) is 0 Å². The van der Waals surface area contributed by atoms with Gasteiger partial charge in [-0.1, -0.05) is 59.9 Å². The fourth-order valence-electron chi connectivity index (χ4n) is 4.82. The lowest BCUT2D eigenvalue weighted by molar-refractivity contribution is -0.139. The fourth-order valence-corrected chi connectivity index (χ4v) is 5.84. The number of hydrogen-bond donors (Lipinski definition) is 0. The van der Waals surface area contributed by atoms with Gasteiger partial charge in [0.15, 0.2) is 4.80 Å². The highest BCUT2D eigenvalue weighted by molar-refractivity contribution is 7.07. The fraction of sp³-hybridized carbons (Fsp3) is 0.233. The molecule has 0 bridgehead atoms. The molecule has 0 aliphatic carbocycles. The minimum Gasteiger partial charge on any atom is -0.496 e. The summed E-state index contributed by atoms with van der Waals surface area (Å²) in [5.41, 5.74) is 2.07. The van der Waals surface area contributed by atoms with Gasteiger partial charge < -0.3 is 14.2 Å². The van der Waals surface area contributed by atoms with Crippen LogP contribution >= 0.6 is 11.3 Å². The molecule has 0 unspecified atom stereocenters. The van der Waals surface area contributed by atoms with Crippen LogP contribution in [0.1, 0.15) is 37.9 Å². The molecule has 8 heteroatoms. The van der Waals surface area contributed by atoms with Crippen LogP contribution in [0, 0.1) is 0 Å². The van der Waals surface area contributed by atoms with Crippen LogP contribution in [0.2, 0.25) is 0 Å². The number of thiazole rings is 1. The molecular formula is C30H28N2O5S. The van der Waals surface area contributed by atoms with E-state index in [2.05, 4.69) is 4.99 Å². The standard InChI is InChI=1S/C30H28N2O5S/c1-5-36-24-16-15-19-11-7-8-12-20(19)22(24)17-25-28(33)32-27(21-13-9-10-14-23(21)35-4)26(29(34)37-6-2)18(3)31-30(32)38-25/h7-17,27H,5-6H2,1-4H3/b25-17+/t27-/m1/s1. The highest BCUT2D eigenvalue weighted by atomic mass is 32.1. The molecule has 7 nitrogen and oxygen atoms in total. The molecule has 2 heterocycles. The van der Waals surface area contributed by atoms with E-state index in [9.17, 15) is 9.59 Å². The summed E-state index contributed by atoms with van der Waals surface area (Å²) in [6.07, 6.45) is 1.86. The molecule has 0 N–H and O–H groups in total. The Balaban J connectivity index is 1.80. The van der Waals surface area contributed by atoms with E-state index in [1.165, 1.54) is 11.3 Å². The van der Waals surface area contributed by atoms with E-state index < -0.39 is 12.0 Å². The van der Waals surface area contributed by atoms with E-state index in [1.54, 1.807) is 25.5 Å². The summed E-state index contributed by atoms with van der Waals surface area (Å²) in [4.78, 5) is 32.4. The van der Waals surface area contributed by atoms with Crippen LogP contribution in [0.5, 0.6) is 11.5 Å². The van der Waals surface area contributed by atoms with E-state index in [-0.39, 0.29) is 12.2 Å². The predicted octanol–water partition coefficient (Wildman–Crippen LogP) is 4.36. The molecule has 0 radical (unpaired) electrons. The summed E-state index contributed by atoms with van der Waals surface area (Å²) < 4.78 is 19.0. The van der Waals surface area contributed by atoms with Gasteiger partial charge in [0.1, 0.15) is 17.5 Å². The van der Waals surface area contributed by atoms with Gasteiger partial charge in [0.05, 0.1) is 36.1 Å². The number of carbonyl (C=O) groups excluding carboxylic acids is 1. The van der Waals surface area contributed by atoms with Crippen molar-refractivity contribution in [1.29, 1.82) is 0 Å². The molecule has 1 atom stereocenters. The first-order valence-electron chi connectivity index (χ1n) is 12.5. The maximum atomic E-state index is 14.1. The summed E-state index contributed by atoms with van der Waals surface area (Å²) in [7, 11) is 1.57. The number of aromatic nitrogens is 1. The Kier molecular flexibility index (Phi) is 7.15. The topological polar surface area (TPSA) is 79.1 Å². The summed E-state index contributed by atoms with van der Waals surface area (Å²) in [5.74, 6) is 0.754. The predicted molar refractivity (Wildman–Crippen MR) is 149 cm³/mol. The van der Waals surface area contributed by atoms with Gasteiger partial charge in [0.2, 0.25) is 0 Å². The summed E-state index contributed by atoms with van der Waals surface area (Å²) in [6.45, 7) is 6.15. The van der Waals surface area contributed by atoms with Crippen LogP contribution in [0.4, 0.5) is 0 Å². The first-order chi connectivity index (χ1) is 18.5. The quantitative estimate of drug-likeness (QED) is 0.333. The lowest BCUT2D eigenvalue weighted by atomic mass is 9.95. The number of fused-ring (bicyclic) bond motifs is 2. The van der Waals surface area contributed by atoms with Gasteiger partial charge in [-0.05, 0) is 49.8 Å². The number of allylic oxidation sites excluding steroid dienone is 1. The number of esters is 1. The van der Waals surface area contributed by atoms with Crippen molar-refractivity contribution in [2.45, 2.75) is 26.8 Å². The molecule has 1 aromatic heterocycles. The molecule has 0 saturated heterocycles. The summed E-state index contributed by atoms with van der Waals surface area (Å²) >= 11 is 1.28. The number of hydrogen-bond acceptors (Lipinski definition) is 7. The highest BCUT2D eigenvalue weighted by Gasteiger charge is 2.35. The van der Waals surface area contributed by atoms with Crippen molar-refractivity contribution in [2.24, 2.45) is 4.99 Å². The molecule has 1 aliphatic rings. The van der Waals surface area contributed by atoms with Crippen molar-refractivity contribution in [2.75, 3.05) is 20.3 Å². The Labute approximate surface area is 223 Å². The third kappa shape index (κ3) is 4.41. The molecule has 5 rings (SSSR count). The number of methoxy groups -OCH3 is 1. The average Bonchev–Trinajstić information content (AvgIpc) is 3.23. The maximum absolute atomic E-state index is 14.1. The van der Waals surface area contributed by atoms with Gasteiger partial charge in [-0.15, -0.1) is 0 Å². The molecule has 1 aliphatic heterocycles. The zero-order chi connectivity index (χ0) is 26.8. The second-order valence-corrected chi connectivity index (χ2v) is 9.68. The van der Waals surface area contributed by atoms with Crippen molar-refractivity contribution in [3.05, 3.63) is 103 Å². The first kappa shape index (κ1) is 25.5. The highest BCUT2D eigenvalue weighted by Crippen LogP contribution is 2.36. The lowest BCUT2D eigenvalue weighted by Crippen LogP contribution is -2.40. The third-order valence-corrected chi connectivity index (χ3v) is 7.44. The van der Waals surface area contributed by atoms with E-state index in [1.807, 2.05) is 73.7 Å². The second kappa shape index (κ2) is 10.7. The number of benzene rings is 3. The van der Waals surface area contributed by atoms with E-state index in [0.717, 1.165) is 16.3 Å². The van der Waals surface area contributed by atoms with Crippen molar-refractivity contribution < 1.29 is 19.0 Å². The van der Waals surface area contributed by atoms with E-state index >= 15 is 0 Å². The van der Waals surface area contributed by atoms with Crippen molar-refractivity contribution >= 4 is 34.2 Å². The maximum Gasteiger partial charge on any atom is 0.338 e. The zero-order valence-electron chi connectivity index (χ0n) is 21.7. The molecular weight excluding hydrogens is 500 g/mol. The lowest BCUT2D eigenvalue weighted by Gasteiger charge is -2.25. The monoisotopic (exact) mass is 528 g/mol. The SMILES string of the molecule is CCOC(=O)C1=C(C)N=c2s/c(=C/c3c(OCC)ccc4ccccc34)c(=O)n2[C@@H]1c1ccccc1OC. The minimum absolute atomic E-state index is 0.208. The van der Waals surface area contributed by atoms with E-state index in [0.29, 0.717) is 44.3 Å². The minimum atomic E-state index is -0.748. The Morgan fingerprint density at radius 3 is 2.55 bits per heavy atom. The zero-order valence-corrected chi connectivity index (χ0v) is 22.5. The number of para-hydroxylation sites is 1. The molecule has 3 aromatic carbocycles. The number of carbonyl (C=O) groups is 1. The van der Waals surface area contributed by atoms with Crippen LogP contribution in [-0.2, 0) is 9.53 Å². The first-order valence-corrected chi connectivity index (χ1v) is 13.3. The average molecular weight is 529 g/mol. The number of ether oxygens (including phenoxy) is 3. The summed E-state index contributed by atoms with van der Waals surface area (Å²) in [5, 5.41) is 2.02. The van der Waals surface area contributed by atoms with Gasteiger partial charge in [0, 0.05) is 11.1 Å². The van der Waals surface area contributed by atoms with Crippen LogP contribution < -0.4 is 24.4 Å². The van der Waals surface area contributed by atoms with Crippen molar-refractivity contribution in [1.82, 2.24) is 4.57 Å². The van der Waals surface area contributed by atoms with Crippen LogP contribution in [-0.4, -0.2) is 30.9 Å². The molecule has 0 amide bonds. The number of nitrogens with zero attached hydrogens (tertiary/aromatic N) is 2. The van der Waals surface area contributed by atoms with Crippen LogP contribution in [0.15, 0.2) is 81.7 Å². The molecule has 194 valence electrons. The van der Waals surface area contributed by atoms with Crippen molar-refractivity contribution in [3.8, 4) is 11.5 Å². The second-order valence-electron chi connectivity index (χ2n) is 8.68. The van der Waals surface area contributed by atoms with Crippen LogP contribution in [0.25, 0.3) is 16.8 Å². The summed E-state index contributed by atoms with van der Waals surface area (Å²) in [6, 6.07) is 18.6.